The maximum Gasteiger partial charge on any atom is 0.255 e. The summed E-state index contributed by atoms with van der Waals surface area (Å²) in [6.45, 7) is 1.16. The number of hydrogen-bond donors (Lipinski definition) is 0. The highest BCUT2D eigenvalue weighted by Crippen LogP contribution is 2.38. The Morgan fingerprint density at radius 1 is 1.12 bits per heavy atom. The van der Waals surface area contributed by atoms with Crippen molar-refractivity contribution >= 4 is 58.0 Å². The standard InChI is InChI=1S/C21H16Cl2N4O5/c22-14-5-12(27-20(30)8-17(28)16(9-24)26-27)6-15(23)21(14)32-19-7-13(18(29)10-25-19)11-1-3-31-4-2-11/h5-7,11H,1-4,8,10H2. The van der Waals surface area contributed by atoms with Gasteiger partial charge >= 0.3 is 0 Å². The minimum absolute atomic E-state index is 0.0339. The van der Waals surface area contributed by atoms with Crippen molar-refractivity contribution in [3.8, 4) is 11.8 Å². The van der Waals surface area contributed by atoms with E-state index in [-0.39, 0.29) is 51.3 Å². The van der Waals surface area contributed by atoms with E-state index in [0.717, 1.165) is 17.9 Å². The molecule has 0 spiro atoms. The molecule has 0 atom stereocenters. The number of carbonyl (C=O) groups excluding carboxylic acids is 3. The van der Waals surface area contributed by atoms with Crippen molar-refractivity contribution in [1.82, 2.24) is 0 Å². The fourth-order valence-electron chi connectivity index (χ4n) is 3.58. The third-order valence-electron chi connectivity index (χ3n) is 5.19. The number of amides is 1. The summed E-state index contributed by atoms with van der Waals surface area (Å²) in [6.07, 6.45) is 2.62. The van der Waals surface area contributed by atoms with Crippen molar-refractivity contribution in [3.05, 3.63) is 33.8 Å². The van der Waals surface area contributed by atoms with Gasteiger partial charge in [0.2, 0.25) is 17.4 Å². The Morgan fingerprint density at radius 3 is 2.47 bits per heavy atom. The first-order chi connectivity index (χ1) is 15.4. The van der Waals surface area contributed by atoms with Crippen molar-refractivity contribution in [2.75, 3.05) is 24.8 Å². The van der Waals surface area contributed by atoms with Crippen LogP contribution in [-0.2, 0) is 19.1 Å². The average Bonchev–Trinajstić information content (AvgIpc) is 2.78. The van der Waals surface area contributed by atoms with Crippen LogP contribution >= 0.6 is 23.2 Å². The Labute approximate surface area is 192 Å². The number of halogens is 2. The fourth-order valence-corrected chi connectivity index (χ4v) is 4.13. The Balaban J connectivity index is 1.59. The molecule has 11 heteroatoms. The molecule has 4 rings (SSSR count). The number of hydrazone groups is 1. The van der Waals surface area contributed by atoms with Crippen LogP contribution < -0.4 is 9.75 Å². The number of hydrogen-bond acceptors (Lipinski definition) is 8. The van der Waals surface area contributed by atoms with E-state index in [4.69, 9.17) is 37.9 Å². The first kappa shape index (κ1) is 22.1. The third kappa shape index (κ3) is 4.43. The van der Waals surface area contributed by atoms with E-state index in [9.17, 15) is 14.4 Å². The number of nitrogens with zero attached hydrogens (tertiary/aromatic N) is 4. The molecule has 1 fully saturated rings. The second-order valence-electron chi connectivity index (χ2n) is 7.27. The summed E-state index contributed by atoms with van der Waals surface area (Å²) in [7, 11) is 0. The van der Waals surface area contributed by atoms with Crippen LogP contribution in [0.25, 0.3) is 0 Å². The summed E-state index contributed by atoms with van der Waals surface area (Å²) in [6, 6.07) is 4.42. The van der Waals surface area contributed by atoms with E-state index in [1.54, 1.807) is 12.1 Å². The molecule has 3 aliphatic rings. The van der Waals surface area contributed by atoms with Crippen LogP contribution in [0.5, 0.6) is 5.75 Å². The Morgan fingerprint density at radius 2 is 1.81 bits per heavy atom. The lowest BCUT2D eigenvalue weighted by Gasteiger charge is -2.25. The van der Waals surface area contributed by atoms with Gasteiger partial charge < -0.3 is 9.47 Å². The predicted octanol–water partition coefficient (Wildman–Crippen LogP) is 2.89. The zero-order valence-corrected chi connectivity index (χ0v) is 18.1. The van der Waals surface area contributed by atoms with E-state index in [1.165, 1.54) is 12.1 Å². The molecule has 3 aliphatic heterocycles. The Bertz CT molecular complexity index is 1120. The fraction of sp³-hybridized carbons (Fsp3) is 0.333. The summed E-state index contributed by atoms with van der Waals surface area (Å²) >= 11 is 12.7. The molecule has 1 aromatic rings. The molecule has 0 radical (unpaired) electrons. The zero-order chi connectivity index (χ0) is 22.8. The minimum Gasteiger partial charge on any atom is -0.436 e. The van der Waals surface area contributed by atoms with Crippen LogP contribution in [0.1, 0.15) is 19.3 Å². The molecular formula is C21H16Cl2N4O5. The second-order valence-corrected chi connectivity index (χ2v) is 8.08. The number of ether oxygens (including phenoxy) is 2. The zero-order valence-electron chi connectivity index (χ0n) is 16.6. The molecule has 3 heterocycles. The van der Waals surface area contributed by atoms with Gasteiger partial charge in [-0.05, 0) is 30.9 Å². The van der Waals surface area contributed by atoms with Crippen LogP contribution in [0.15, 0.2) is 33.9 Å². The monoisotopic (exact) mass is 474 g/mol. The number of anilines is 1. The first-order valence-corrected chi connectivity index (χ1v) is 10.5. The van der Waals surface area contributed by atoms with Gasteiger partial charge in [-0.1, -0.05) is 23.2 Å². The van der Waals surface area contributed by atoms with E-state index in [0.29, 0.717) is 18.8 Å². The molecule has 0 unspecified atom stereocenters. The summed E-state index contributed by atoms with van der Waals surface area (Å²) in [4.78, 5) is 40.4. The first-order valence-electron chi connectivity index (χ1n) is 9.76. The largest absolute Gasteiger partial charge is 0.436 e. The van der Waals surface area contributed by atoms with Crippen molar-refractivity contribution in [2.24, 2.45) is 16.0 Å². The second kappa shape index (κ2) is 9.20. The number of carbonyl (C=O) groups is 3. The van der Waals surface area contributed by atoms with E-state index in [1.807, 2.05) is 0 Å². The van der Waals surface area contributed by atoms with Gasteiger partial charge in [-0.3, -0.25) is 14.4 Å². The van der Waals surface area contributed by atoms with Gasteiger partial charge in [0.15, 0.2) is 11.5 Å². The van der Waals surface area contributed by atoms with Gasteiger partial charge in [0, 0.05) is 24.9 Å². The lowest BCUT2D eigenvalue weighted by atomic mass is 9.87. The van der Waals surface area contributed by atoms with Crippen molar-refractivity contribution in [3.63, 3.8) is 0 Å². The highest BCUT2D eigenvalue weighted by atomic mass is 35.5. The highest BCUT2D eigenvalue weighted by molar-refractivity contribution is 6.50. The molecule has 1 saturated heterocycles. The molecule has 0 bridgehead atoms. The lowest BCUT2D eigenvalue weighted by molar-refractivity contribution is -0.124. The number of benzene rings is 1. The van der Waals surface area contributed by atoms with E-state index in [2.05, 4.69) is 10.1 Å². The predicted molar refractivity (Wildman–Crippen MR) is 116 cm³/mol. The molecule has 0 aromatic heterocycles. The van der Waals surface area contributed by atoms with E-state index >= 15 is 0 Å². The minimum atomic E-state index is -0.650. The van der Waals surface area contributed by atoms with Crippen molar-refractivity contribution < 1.29 is 23.9 Å². The molecule has 1 aromatic carbocycles. The van der Waals surface area contributed by atoms with Crippen LogP contribution in [0.3, 0.4) is 0 Å². The molecule has 0 N–H and O–H groups in total. The summed E-state index contributed by atoms with van der Waals surface area (Å²) < 4.78 is 11.2. The summed E-state index contributed by atoms with van der Waals surface area (Å²) in [5.74, 6) is -0.943. The number of nitriles is 1. The number of rotatable bonds is 3. The smallest absolute Gasteiger partial charge is 0.255 e. The number of Topliss-reactive ketones (excluding diaryl/α,β-unsaturated/α-hetero) is 2. The summed E-state index contributed by atoms with van der Waals surface area (Å²) in [5.41, 5.74) is 0.435. The van der Waals surface area contributed by atoms with Gasteiger partial charge in [0.25, 0.3) is 5.91 Å². The van der Waals surface area contributed by atoms with Gasteiger partial charge in [0.05, 0.1) is 22.2 Å². The average molecular weight is 475 g/mol. The SMILES string of the molecule is N#CC1=NN(c2cc(Cl)c(OC3=NCC(=O)C(C4CCOCC4)=C3)c(Cl)c2)C(=O)CC1=O. The quantitative estimate of drug-likeness (QED) is 0.620. The van der Waals surface area contributed by atoms with Gasteiger partial charge in [0.1, 0.15) is 12.6 Å². The Kier molecular flexibility index (Phi) is 6.37. The van der Waals surface area contributed by atoms with Gasteiger partial charge in [-0.15, -0.1) is 0 Å². The molecule has 32 heavy (non-hydrogen) atoms. The van der Waals surface area contributed by atoms with Crippen molar-refractivity contribution in [2.45, 2.75) is 19.3 Å². The number of aliphatic imine (C=N–C) groups is 1. The molecule has 1 amide bonds. The molecular weight excluding hydrogens is 459 g/mol. The number of ketones is 2. The van der Waals surface area contributed by atoms with Crippen LogP contribution in [-0.4, -0.2) is 48.8 Å². The third-order valence-corrected chi connectivity index (χ3v) is 5.75. The molecule has 0 aliphatic carbocycles. The maximum absolute atomic E-state index is 12.3. The van der Waals surface area contributed by atoms with Crippen molar-refractivity contribution in [1.29, 1.82) is 5.26 Å². The number of dihydropyridines is 1. The molecule has 164 valence electrons. The molecule has 0 saturated carbocycles. The van der Waals surface area contributed by atoms with Crippen LogP contribution in [0, 0.1) is 17.2 Å². The summed E-state index contributed by atoms with van der Waals surface area (Å²) in [5, 5.41) is 13.8. The van der Waals surface area contributed by atoms with Crippen LogP contribution in [0.4, 0.5) is 5.69 Å². The normalized spacial score (nSPS) is 19.8. The maximum atomic E-state index is 12.3. The Hall–Kier alpha value is -3.06. The topological polar surface area (TPSA) is 121 Å². The highest BCUT2D eigenvalue weighted by Gasteiger charge is 2.30. The lowest BCUT2D eigenvalue weighted by Crippen LogP contribution is -2.36. The van der Waals surface area contributed by atoms with Crippen LogP contribution in [0.2, 0.25) is 10.0 Å². The van der Waals surface area contributed by atoms with Gasteiger partial charge in [-0.25, -0.2) is 4.99 Å². The van der Waals surface area contributed by atoms with E-state index < -0.39 is 18.1 Å². The molecule has 9 nitrogen and oxygen atoms in total. The van der Waals surface area contributed by atoms with Gasteiger partial charge in [-0.2, -0.15) is 15.4 Å².